The summed E-state index contributed by atoms with van der Waals surface area (Å²) in [4.78, 5) is 14.3. The van der Waals surface area contributed by atoms with E-state index in [1.54, 1.807) is 0 Å². The molecule has 1 fully saturated rings. The fraction of sp³-hybridized carbons (Fsp3) is 0.545. The van der Waals surface area contributed by atoms with Crippen molar-refractivity contribution in [3.8, 4) is 11.6 Å². The topological polar surface area (TPSA) is 111 Å². The molecule has 0 spiro atoms. The predicted molar refractivity (Wildman–Crippen MR) is 64.4 cm³/mol. The quantitative estimate of drug-likeness (QED) is 0.672. The van der Waals surface area contributed by atoms with E-state index in [-0.39, 0.29) is 11.7 Å². The molecular weight excluding hydrogens is 250 g/mol. The van der Waals surface area contributed by atoms with Crippen LogP contribution >= 0.6 is 0 Å². The molecule has 19 heavy (non-hydrogen) atoms. The SMILES string of the molecule is O=[N+]([O-])c1cc(-c2nc(C3CCCCC3)no2)n[nH]1. The van der Waals surface area contributed by atoms with Crippen LogP contribution < -0.4 is 0 Å². The lowest BCUT2D eigenvalue weighted by Gasteiger charge is -2.17. The first kappa shape index (κ1) is 11.8. The van der Waals surface area contributed by atoms with Gasteiger partial charge < -0.3 is 14.6 Å². The molecule has 0 saturated heterocycles. The second kappa shape index (κ2) is 4.79. The fourth-order valence-electron chi connectivity index (χ4n) is 2.38. The lowest BCUT2D eigenvalue weighted by molar-refractivity contribution is -0.389. The van der Waals surface area contributed by atoms with Crippen molar-refractivity contribution < 1.29 is 9.45 Å². The van der Waals surface area contributed by atoms with Crippen molar-refractivity contribution in [2.24, 2.45) is 0 Å². The number of hydrogen-bond donors (Lipinski definition) is 1. The third kappa shape index (κ3) is 2.33. The zero-order valence-electron chi connectivity index (χ0n) is 10.2. The van der Waals surface area contributed by atoms with Gasteiger partial charge in [0.1, 0.15) is 0 Å². The third-order valence-corrected chi connectivity index (χ3v) is 3.39. The van der Waals surface area contributed by atoms with Gasteiger partial charge in [0.2, 0.25) is 0 Å². The largest absolute Gasteiger partial charge is 0.358 e. The monoisotopic (exact) mass is 263 g/mol. The van der Waals surface area contributed by atoms with Gasteiger partial charge in [-0.1, -0.05) is 29.5 Å². The van der Waals surface area contributed by atoms with Gasteiger partial charge in [0, 0.05) is 5.92 Å². The zero-order chi connectivity index (χ0) is 13.2. The second-order valence-electron chi connectivity index (χ2n) is 4.69. The van der Waals surface area contributed by atoms with Crippen molar-refractivity contribution in [3.63, 3.8) is 0 Å². The Balaban J connectivity index is 1.81. The van der Waals surface area contributed by atoms with Crippen LogP contribution in [0.4, 0.5) is 5.82 Å². The Labute approximate surface area is 108 Å². The summed E-state index contributed by atoms with van der Waals surface area (Å²) in [6, 6.07) is 1.29. The molecule has 1 aliphatic carbocycles. The number of rotatable bonds is 3. The molecule has 0 amide bonds. The summed E-state index contributed by atoms with van der Waals surface area (Å²) in [5.74, 6) is 1.05. The van der Waals surface area contributed by atoms with Gasteiger partial charge in [-0.25, -0.2) is 0 Å². The Morgan fingerprint density at radius 3 is 2.84 bits per heavy atom. The standard InChI is InChI=1S/C11H13N5O3/c17-16(18)9-6-8(13-14-9)11-12-10(15-19-11)7-4-2-1-3-5-7/h6-7H,1-5H2,(H,13,14). The smallest absolute Gasteiger partial charge is 0.343 e. The van der Waals surface area contributed by atoms with E-state index < -0.39 is 4.92 Å². The molecule has 8 heteroatoms. The number of nitrogens with one attached hydrogen (secondary N) is 1. The minimum Gasteiger partial charge on any atom is -0.358 e. The molecule has 0 aromatic carbocycles. The van der Waals surface area contributed by atoms with Gasteiger partial charge in [0.25, 0.3) is 5.89 Å². The first-order valence-electron chi connectivity index (χ1n) is 6.28. The van der Waals surface area contributed by atoms with Gasteiger partial charge in [-0.2, -0.15) is 4.98 Å². The number of nitro groups is 1. The van der Waals surface area contributed by atoms with Crippen molar-refractivity contribution in [1.82, 2.24) is 20.3 Å². The maximum absolute atomic E-state index is 10.6. The van der Waals surface area contributed by atoms with Crippen LogP contribution in [-0.2, 0) is 0 Å². The number of aromatic nitrogens is 4. The van der Waals surface area contributed by atoms with E-state index in [0.717, 1.165) is 12.8 Å². The summed E-state index contributed by atoms with van der Waals surface area (Å²) in [5, 5.41) is 20.6. The van der Waals surface area contributed by atoms with Gasteiger partial charge in [-0.05, 0) is 17.8 Å². The summed E-state index contributed by atoms with van der Waals surface area (Å²) in [6.45, 7) is 0. The molecule has 1 saturated carbocycles. The Hall–Kier alpha value is -2.25. The highest BCUT2D eigenvalue weighted by molar-refractivity contribution is 5.49. The van der Waals surface area contributed by atoms with Gasteiger partial charge in [0.15, 0.2) is 11.5 Å². The molecule has 2 aromatic heterocycles. The molecule has 3 rings (SSSR count). The van der Waals surface area contributed by atoms with Crippen molar-refractivity contribution in [2.45, 2.75) is 38.0 Å². The predicted octanol–water partition coefficient (Wildman–Crippen LogP) is 2.42. The minimum atomic E-state index is -0.547. The van der Waals surface area contributed by atoms with Crippen LogP contribution in [0.3, 0.4) is 0 Å². The fourth-order valence-corrected chi connectivity index (χ4v) is 2.38. The van der Waals surface area contributed by atoms with Crippen molar-refractivity contribution in [2.75, 3.05) is 0 Å². The number of aromatic amines is 1. The molecule has 1 aliphatic rings. The van der Waals surface area contributed by atoms with Crippen LogP contribution in [0, 0.1) is 10.1 Å². The molecule has 1 N–H and O–H groups in total. The summed E-state index contributed by atoms with van der Waals surface area (Å²) in [7, 11) is 0. The van der Waals surface area contributed by atoms with Gasteiger partial charge in [0.05, 0.1) is 6.07 Å². The third-order valence-electron chi connectivity index (χ3n) is 3.39. The van der Waals surface area contributed by atoms with Crippen LogP contribution in [0.15, 0.2) is 10.6 Å². The second-order valence-corrected chi connectivity index (χ2v) is 4.69. The van der Waals surface area contributed by atoms with Crippen LogP contribution in [-0.4, -0.2) is 25.3 Å². The maximum Gasteiger partial charge on any atom is 0.343 e. The molecule has 0 bridgehead atoms. The average molecular weight is 263 g/mol. The normalized spacial score (nSPS) is 16.6. The average Bonchev–Trinajstić information content (AvgIpc) is 3.09. The molecule has 0 unspecified atom stereocenters. The van der Waals surface area contributed by atoms with Crippen molar-refractivity contribution in [3.05, 3.63) is 22.0 Å². The Kier molecular flexibility index (Phi) is 2.98. The van der Waals surface area contributed by atoms with E-state index in [0.29, 0.717) is 17.4 Å². The molecule has 100 valence electrons. The maximum atomic E-state index is 10.6. The zero-order valence-corrected chi connectivity index (χ0v) is 10.2. The highest BCUT2D eigenvalue weighted by Gasteiger charge is 2.23. The first-order valence-corrected chi connectivity index (χ1v) is 6.28. The Morgan fingerprint density at radius 2 is 2.16 bits per heavy atom. The highest BCUT2D eigenvalue weighted by atomic mass is 16.6. The molecular formula is C11H13N5O3. The van der Waals surface area contributed by atoms with Crippen molar-refractivity contribution in [1.29, 1.82) is 0 Å². The Morgan fingerprint density at radius 1 is 1.37 bits per heavy atom. The van der Waals surface area contributed by atoms with E-state index in [1.807, 2.05) is 0 Å². The van der Waals surface area contributed by atoms with E-state index in [1.165, 1.54) is 25.3 Å². The summed E-state index contributed by atoms with van der Waals surface area (Å²) >= 11 is 0. The number of H-pyrrole nitrogens is 1. The van der Waals surface area contributed by atoms with E-state index >= 15 is 0 Å². The van der Waals surface area contributed by atoms with E-state index in [9.17, 15) is 10.1 Å². The minimum absolute atomic E-state index is 0.188. The molecule has 8 nitrogen and oxygen atoms in total. The molecule has 0 radical (unpaired) electrons. The van der Waals surface area contributed by atoms with Gasteiger partial charge >= 0.3 is 5.82 Å². The number of hydrogen-bond acceptors (Lipinski definition) is 6. The number of nitrogens with zero attached hydrogens (tertiary/aromatic N) is 4. The highest BCUT2D eigenvalue weighted by Crippen LogP contribution is 2.31. The van der Waals surface area contributed by atoms with Crippen LogP contribution in [0.25, 0.3) is 11.6 Å². The van der Waals surface area contributed by atoms with Crippen LogP contribution in [0.5, 0.6) is 0 Å². The van der Waals surface area contributed by atoms with Crippen LogP contribution in [0.1, 0.15) is 43.8 Å². The van der Waals surface area contributed by atoms with Gasteiger partial charge in [-0.15, -0.1) is 5.10 Å². The molecule has 0 aliphatic heterocycles. The molecule has 2 aromatic rings. The van der Waals surface area contributed by atoms with Crippen molar-refractivity contribution >= 4 is 5.82 Å². The summed E-state index contributed by atoms with van der Waals surface area (Å²) in [6.07, 6.45) is 5.76. The summed E-state index contributed by atoms with van der Waals surface area (Å²) < 4.78 is 5.13. The summed E-state index contributed by atoms with van der Waals surface area (Å²) in [5.41, 5.74) is 0.307. The molecule has 0 atom stereocenters. The Bertz CT molecular complexity index is 585. The van der Waals surface area contributed by atoms with E-state index in [4.69, 9.17) is 4.52 Å². The first-order chi connectivity index (χ1) is 9.24. The van der Waals surface area contributed by atoms with Crippen LogP contribution in [0.2, 0.25) is 0 Å². The molecule has 2 heterocycles. The van der Waals surface area contributed by atoms with Gasteiger partial charge in [-0.3, -0.25) is 0 Å². The lowest BCUT2D eigenvalue weighted by Crippen LogP contribution is -2.06. The van der Waals surface area contributed by atoms with E-state index in [2.05, 4.69) is 20.3 Å². The lowest BCUT2D eigenvalue weighted by atomic mass is 9.89.